The van der Waals surface area contributed by atoms with E-state index in [4.69, 9.17) is 9.47 Å². The molecule has 0 radical (unpaired) electrons. The third-order valence-electron chi connectivity index (χ3n) is 3.38. The SMILES string of the molecule is C[C@H](NC(=O)OC(C)(C)C)C(=O)OC1Cc2ccccc2C1. The largest absolute Gasteiger partial charge is 0.460 e. The van der Waals surface area contributed by atoms with E-state index in [1.165, 1.54) is 11.1 Å². The smallest absolute Gasteiger partial charge is 0.408 e. The van der Waals surface area contributed by atoms with Gasteiger partial charge in [-0.25, -0.2) is 9.59 Å². The first-order chi connectivity index (χ1) is 10.2. The molecule has 0 heterocycles. The predicted molar refractivity (Wildman–Crippen MR) is 82.6 cm³/mol. The molecule has 1 N–H and O–H groups in total. The minimum Gasteiger partial charge on any atom is -0.460 e. The van der Waals surface area contributed by atoms with E-state index in [2.05, 4.69) is 5.32 Å². The zero-order chi connectivity index (χ0) is 16.3. The van der Waals surface area contributed by atoms with Crippen molar-refractivity contribution in [3.63, 3.8) is 0 Å². The summed E-state index contributed by atoms with van der Waals surface area (Å²) in [6.07, 6.45) is 0.668. The first-order valence-corrected chi connectivity index (χ1v) is 7.51. The van der Waals surface area contributed by atoms with Gasteiger partial charge in [-0.15, -0.1) is 0 Å². The van der Waals surface area contributed by atoms with E-state index in [-0.39, 0.29) is 6.10 Å². The van der Waals surface area contributed by atoms with Crippen molar-refractivity contribution in [3.05, 3.63) is 35.4 Å². The van der Waals surface area contributed by atoms with Gasteiger partial charge in [-0.1, -0.05) is 24.3 Å². The number of hydrogen-bond donors (Lipinski definition) is 1. The molecule has 1 aromatic rings. The van der Waals surface area contributed by atoms with Gasteiger partial charge in [0.1, 0.15) is 17.7 Å². The fourth-order valence-corrected chi connectivity index (χ4v) is 2.41. The number of amides is 1. The van der Waals surface area contributed by atoms with E-state index in [1.54, 1.807) is 27.7 Å². The molecule has 5 nitrogen and oxygen atoms in total. The average Bonchev–Trinajstić information content (AvgIpc) is 2.78. The second-order valence-corrected chi connectivity index (χ2v) is 6.60. The Bertz CT molecular complexity index is 537. The summed E-state index contributed by atoms with van der Waals surface area (Å²) in [6, 6.07) is 7.32. The molecule has 5 heteroatoms. The van der Waals surface area contributed by atoms with Crippen LogP contribution in [0.3, 0.4) is 0 Å². The number of esters is 1. The molecule has 1 amide bonds. The highest BCUT2D eigenvalue weighted by atomic mass is 16.6. The molecule has 0 aliphatic heterocycles. The summed E-state index contributed by atoms with van der Waals surface area (Å²) in [7, 11) is 0. The Hall–Kier alpha value is -2.04. The minimum absolute atomic E-state index is 0.159. The maximum Gasteiger partial charge on any atom is 0.408 e. The minimum atomic E-state index is -0.737. The number of ether oxygens (including phenoxy) is 2. The molecule has 22 heavy (non-hydrogen) atoms. The van der Waals surface area contributed by atoms with Crippen molar-refractivity contribution in [2.75, 3.05) is 0 Å². The van der Waals surface area contributed by atoms with Crippen LogP contribution in [0.1, 0.15) is 38.8 Å². The Morgan fingerprint density at radius 2 is 1.73 bits per heavy atom. The molecular formula is C17H23NO4. The number of fused-ring (bicyclic) bond motifs is 1. The maximum atomic E-state index is 12.1. The Kier molecular flexibility index (Phi) is 4.74. The fraction of sp³-hybridized carbons (Fsp3) is 0.529. The molecule has 0 aromatic heterocycles. The summed E-state index contributed by atoms with van der Waals surface area (Å²) >= 11 is 0. The van der Waals surface area contributed by atoms with E-state index in [9.17, 15) is 9.59 Å². The molecule has 0 fully saturated rings. The molecule has 1 aliphatic carbocycles. The lowest BCUT2D eigenvalue weighted by Gasteiger charge is -2.22. The average molecular weight is 305 g/mol. The third kappa shape index (κ3) is 4.48. The lowest BCUT2D eigenvalue weighted by atomic mass is 10.1. The van der Waals surface area contributed by atoms with Gasteiger partial charge in [-0.05, 0) is 38.8 Å². The first-order valence-electron chi connectivity index (χ1n) is 7.51. The summed E-state index contributed by atoms with van der Waals surface area (Å²) in [5.41, 5.74) is 1.84. The van der Waals surface area contributed by atoms with Gasteiger partial charge >= 0.3 is 12.1 Å². The number of carbonyl (C=O) groups excluding carboxylic acids is 2. The Morgan fingerprint density at radius 1 is 1.18 bits per heavy atom. The van der Waals surface area contributed by atoms with Gasteiger partial charge in [-0.3, -0.25) is 0 Å². The Labute approximate surface area is 131 Å². The van der Waals surface area contributed by atoms with Gasteiger partial charge in [-0.2, -0.15) is 0 Å². The summed E-state index contributed by atoms with van der Waals surface area (Å²) in [4.78, 5) is 23.7. The van der Waals surface area contributed by atoms with Gasteiger partial charge in [0.15, 0.2) is 0 Å². The lowest BCUT2D eigenvalue weighted by molar-refractivity contribution is -0.150. The molecule has 0 saturated heterocycles. The van der Waals surface area contributed by atoms with Crippen LogP contribution in [0.15, 0.2) is 24.3 Å². The van der Waals surface area contributed by atoms with Crippen LogP contribution < -0.4 is 5.32 Å². The van der Waals surface area contributed by atoms with Crippen LogP contribution in [0.5, 0.6) is 0 Å². The van der Waals surface area contributed by atoms with Crippen molar-refractivity contribution in [1.29, 1.82) is 0 Å². The fourth-order valence-electron chi connectivity index (χ4n) is 2.41. The van der Waals surface area contributed by atoms with Crippen molar-refractivity contribution >= 4 is 12.1 Å². The maximum absolute atomic E-state index is 12.1. The summed E-state index contributed by atoms with van der Waals surface area (Å²) < 4.78 is 10.6. The third-order valence-corrected chi connectivity index (χ3v) is 3.38. The normalized spacial score (nSPS) is 15.8. The number of nitrogens with one attached hydrogen (secondary N) is 1. The van der Waals surface area contributed by atoms with Crippen LogP contribution in [-0.4, -0.2) is 29.8 Å². The highest BCUT2D eigenvalue weighted by molar-refractivity contribution is 5.81. The molecule has 1 aliphatic rings. The number of hydrogen-bond acceptors (Lipinski definition) is 4. The second kappa shape index (κ2) is 6.38. The molecule has 120 valence electrons. The lowest BCUT2D eigenvalue weighted by Crippen LogP contribution is -2.43. The van der Waals surface area contributed by atoms with E-state index < -0.39 is 23.7 Å². The van der Waals surface area contributed by atoms with Gasteiger partial charge in [0.05, 0.1) is 0 Å². The van der Waals surface area contributed by atoms with E-state index in [0.29, 0.717) is 0 Å². The van der Waals surface area contributed by atoms with E-state index in [0.717, 1.165) is 12.8 Å². The first kappa shape index (κ1) is 16.3. The highest BCUT2D eigenvalue weighted by Gasteiger charge is 2.27. The standard InChI is InChI=1S/C17H23NO4/c1-11(18-16(20)22-17(2,3)4)15(19)21-14-9-12-7-5-6-8-13(12)10-14/h5-8,11,14H,9-10H2,1-4H3,(H,18,20)/t11-/m0/s1. The molecule has 1 aromatic carbocycles. The second-order valence-electron chi connectivity index (χ2n) is 6.60. The van der Waals surface area contributed by atoms with Crippen molar-refractivity contribution < 1.29 is 19.1 Å². The van der Waals surface area contributed by atoms with Crippen molar-refractivity contribution in [2.45, 2.75) is 58.3 Å². The Morgan fingerprint density at radius 3 is 2.23 bits per heavy atom. The van der Waals surface area contributed by atoms with Crippen LogP contribution in [0.4, 0.5) is 4.79 Å². The zero-order valence-corrected chi connectivity index (χ0v) is 13.5. The highest BCUT2D eigenvalue weighted by Crippen LogP contribution is 2.24. The quantitative estimate of drug-likeness (QED) is 0.872. The molecule has 0 spiro atoms. The molecule has 1 atom stereocenters. The summed E-state index contributed by atoms with van der Waals surface area (Å²) in [6.45, 7) is 6.90. The molecule has 0 saturated carbocycles. The Balaban J connectivity index is 1.82. The van der Waals surface area contributed by atoms with Crippen LogP contribution >= 0.6 is 0 Å². The predicted octanol–water partition coefficient (Wildman–Crippen LogP) is 2.61. The van der Waals surface area contributed by atoms with E-state index in [1.807, 2.05) is 24.3 Å². The van der Waals surface area contributed by atoms with Gasteiger partial charge in [0.2, 0.25) is 0 Å². The topological polar surface area (TPSA) is 64.6 Å². The van der Waals surface area contributed by atoms with E-state index >= 15 is 0 Å². The van der Waals surface area contributed by atoms with Gasteiger partial charge in [0.25, 0.3) is 0 Å². The van der Waals surface area contributed by atoms with Gasteiger partial charge < -0.3 is 14.8 Å². The summed E-state index contributed by atoms with van der Waals surface area (Å²) in [5.74, 6) is -0.441. The summed E-state index contributed by atoms with van der Waals surface area (Å²) in [5, 5.41) is 2.50. The molecule has 0 bridgehead atoms. The van der Waals surface area contributed by atoms with Crippen LogP contribution in [-0.2, 0) is 27.1 Å². The van der Waals surface area contributed by atoms with Crippen molar-refractivity contribution in [2.24, 2.45) is 0 Å². The van der Waals surface area contributed by atoms with Crippen molar-refractivity contribution in [1.82, 2.24) is 5.32 Å². The molecule has 2 rings (SSSR count). The number of alkyl carbamates (subject to hydrolysis) is 1. The van der Waals surface area contributed by atoms with Gasteiger partial charge in [0, 0.05) is 12.8 Å². The number of carbonyl (C=O) groups is 2. The van der Waals surface area contributed by atoms with Crippen LogP contribution in [0, 0.1) is 0 Å². The van der Waals surface area contributed by atoms with Crippen LogP contribution in [0.2, 0.25) is 0 Å². The number of rotatable bonds is 3. The van der Waals surface area contributed by atoms with Crippen LogP contribution in [0.25, 0.3) is 0 Å². The monoisotopic (exact) mass is 305 g/mol. The molecule has 0 unspecified atom stereocenters. The van der Waals surface area contributed by atoms with Crippen molar-refractivity contribution in [3.8, 4) is 0 Å². The zero-order valence-electron chi connectivity index (χ0n) is 13.5. The molecular weight excluding hydrogens is 282 g/mol. The number of benzene rings is 1.